The molecule has 2 heterocycles. The molecule has 1 atom stereocenters. The molecule has 1 aliphatic heterocycles. The van der Waals surface area contributed by atoms with Crippen molar-refractivity contribution in [3.63, 3.8) is 0 Å². The summed E-state index contributed by atoms with van der Waals surface area (Å²) in [5.41, 5.74) is 1.68. The van der Waals surface area contributed by atoms with E-state index >= 15 is 0 Å². The predicted molar refractivity (Wildman–Crippen MR) is 119 cm³/mol. The van der Waals surface area contributed by atoms with Gasteiger partial charge >= 0.3 is 5.97 Å². The van der Waals surface area contributed by atoms with Gasteiger partial charge in [0.1, 0.15) is 6.54 Å². The number of fused-ring (bicyclic) bond motifs is 1. The van der Waals surface area contributed by atoms with Crippen molar-refractivity contribution in [1.82, 2.24) is 9.88 Å². The molecule has 8 heteroatoms. The van der Waals surface area contributed by atoms with E-state index in [1.54, 1.807) is 36.2 Å². The number of ether oxygens (including phenoxy) is 1. The maximum atomic E-state index is 13.2. The number of aromatic nitrogens is 1. The van der Waals surface area contributed by atoms with Gasteiger partial charge in [-0.05, 0) is 25.8 Å². The van der Waals surface area contributed by atoms with Crippen LogP contribution < -0.4 is 4.90 Å². The van der Waals surface area contributed by atoms with Gasteiger partial charge in [-0.1, -0.05) is 44.0 Å². The summed E-state index contributed by atoms with van der Waals surface area (Å²) in [4.78, 5) is 45.8. The zero-order valence-electron chi connectivity index (χ0n) is 17.5. The molecule has 1 fully saturated rings. The van der Waals surface area contributed by atoms with Crippen molar-refractivity contribution in [1.29, 1.82) is 0 Å². The fourth-order valence-electron chi connectivity index (χ4n) is 4.22. The highest BCUT2D eigenvalue weighted by atomic mass is 32.1. The molecule has 1 saturated carbocycles. The first-order valence-corrected chi connectivity index (χ1v) is 11.4. The molecule has 2 aromatic rings. The van der Waals surface area contributed by atoms with Crippen LogP contribution in [0.4, 0.5) is 5.13 Å². The van der Waals surface area contributed by atoms with Crippen LogP contribution in [0.5, 0.6) is 0 Å². The molecule has 1 aliphatic carbocycles. The van der Waals surface area contributed by atoms with Crippen LogP contribution in [-0.4, -0.2) is 46.4 Å². The number of hydrogen-bond donors (Lipinski definition) is 0. The molecule has 2 amide bonds. The van der Waals surface area contributed by atoms with Crippen LogP contribution >= 0.6 is 11.3 Å². The van der Waals surface area contributed by atoms with Crippen molar-refractivity contribution >= 4 is 39.9 Å². The maximum absolute atomic E-state index is 13.2. The average Bonchev–Trinajstić information content (AvgIpc) is 3.38. The van der Waals surface area contributed by atoms with Crippen LogP contribution in [0, 0.1) is 0 Å². The van der Waals surface area contributed by atoms with Crippen LogP contribution in [0.25, 0.3) is 5.70 Å². The highest BCUT2D eigenvalue weighted by molar-refractivity contribution is 7.13. The molecule has 0 saturated heterocycles. The molecule has 0 radical (unpaired) electrons. The number of thiazole rings is 1. The van der Waals surface area contributed by atoms with Crippen LogP contribution in [-0.2, 0) is 14.3 Å². The Balaban J connectivity index is 1.42. The number of esters is 1. The summed E-state index contributed by atoms with van der Waals surface area (Å²) in [6, 6.07) is 7.14. The number of nitrogens with zero attached hydrogens (tertiary/aromatic N) is 3. The van der Waals surface area contributed by atoms with Gasteiger partial charge in [-0.15, -0.1) is 11.3 Å². The van der Waals surface area contributed by atoms with E-state index in [4.69, 9.17) is 4.74 Å². The number of amides is 2. The molecule has 2 aliphatic rings. The molecule has 162 valence electrons. The molecule has 31 heavy (non-hydrogen) atoms. The first-order chi connectivity index (χ1) is 15.0. The van der Waals surface area contributed by atoms with Crippen molar-refractivity contribution in [2.45, 2.75) is 51.2 Å². The minimum Gasteiger partial charge on any atom is -0.451 e. The van der Waals surface area contributed by atoms with Gasteiger partial charge < -0.3 is 4.74 Å². The standard InChI is InChI=1S/C23H25N3O4S/c1-15-18-10-6-7-11-19(18)22(29)25(15)14-20(27)30-16(2)21(28)26(23-24-12-13-31-23)17-8-4-3-5-9-17/h6-7,10-13,16-17H,1,3-5,8-9,14H2,2H3. The third-order valence-electron chi connectivity index (χ3n) is 5.79. The molecule has 0 N–H and O–H groups in total. The first-order valence-electron chi connectivity index (χ1n) is 10.5. The second-order valence-electron chi connectivity index (χ2n) is 7.83. The lowest BCUT2D eigenvalue weighted by Crippen LogP contribution is -2.47. The van der Waals surface area contributed by atoms with Gasteiger partial charge in [-0.25, -0.2) is 4.98 Å². The number of hydrogen-bond acceptors (Lipinski definition) is 6. The Hall–Kier alpha value is -3.00. The van der Waals surface area contributed by atoms with E-state index < -0.39 is 12.1 Å². The highest BCUT2D eigenvalue weighted by Crippen LogP contribution is 2.32. The van der Waals surface area contributed by atoms with Gasteiger partial charge in [0.2, 0.25) is 0 Å². The Bertz CT molecular complexity index is 963. The van der Waals surface area contributed by atoms with Crippen LogP contribution in [0.3, 0.4) is 0 Å². The second-order valence-corrected chi connectivity index (χ2v) is 8.70. The third-order valence-corrected chi connectivity index (χ3v) is 6.56. The van der Waals surface area contributed by atoms with Crippen molar-refractivity contribution in [2.24, 2.45) is 0 Å². The van der Waals surface area contributed by atoms with E-state index in [0.29, 0.717) is 22.0 Å². The first kappa shape index (κ1) is 21.2. The van der Waals surface area contributed by atoms with E-state index in [1.165, 1.54) is 16.2 Å². The molecular weight excluding hydrogens is 414 g/mol. The van der Waals surface area contributed by atoms with Gasteiger partial charge in [-0.3, -0.25) is 24.2 Å². The van der Waals surface area contributed by atoms with Gasteiger partial charge in [0.25, 0.3) is 11.8 Å². The van der Waals surface area contributed by atoms with Gasteiger partial charge in [0.15, 0.2) is 11.2 Å². The molecule has 1 aromatic carbocycles. The van der Waals surface area contributed by atoms with E-state index in [2.05, 4.69) is 11.6 Å². The fraction of sp³-hybridized carbons (Fsp3) is 0.391. The lowest BCUT2D eigenvalue weighted by Gasteiger charge is -2.34. The quantitative estimate of drug-likeness (QED) is 0.639. The van der Waals surface area contributed by atoms with Gasteiger partial charge in [0, 0.05) is 34.4 Å². The Kier molecular flexibility index (Phi) is 6.18. The lowest BCUT2D eigenvalue weighted by atomic mass is 9.94. The molecular formula is C23H25N3O4S. The van der Waals surface area contributed by atoms with Crippen molar-refractivity contribution in [3.8, 4) is 0 Å². The minimum absolute atomic E-state index is 0.0583. The summed E-state index contributed by atoms with van der Waals surface area (Å²) in [7, 11) is 0. The van der Waals surface area contributed by atoms with Crippen molar-refractivity contribution in [2.75, 3.05) is 11.4 Å². The Morgan fingerprint density at radius 2 is 1.97 bits per heavy atom. The Labute approximate surface area is 185 Å². The maximum Gasteiger partial charge on any atom is 0.326 e. The fourth-order valence-corrected chi connectivity index (χ4v) is 4.93. The minimum atomic E-state index is -0.980. The summed E-state index contributed by atoms with van der Waals surface area (Å²) in [5.74, 6) is -1.22. The largest absolute Gasteiger partial charge is 0.451 e. The smallest absolute Gasteiger partial charge is 0.326 e. The summed E-state index contributed by atoms with van der Waals surface area (Å²) in [6.07, 6.45) is 5.80. The van der Waals surface area contributed by atoms with Crippen LogP contribution in [0.2, 0.25) is 0 Å². The Morgan fingerprint density at radius 1 is 1.26 bits per heavy atom. The number of benzene rings is 1. The average molecular weight is 440 g/mol. The highest BCUT2D eigenvalue weighted by Gasteiger charge is 2.35. The number of carbonyl (C=O) groups excluding carboxylic acids is 3. The van der Waals surface area contributed by atoms with E-state index in [0.717, 1.165) is 32.1 Å². The summed E-state index contributed by atoms with van der Waals surface area (Å²) < 4.78 is 5.45. The van der Waals surface area contributed by atoms with Gasteiger partial charge in [-0.2, -0.15) is 0 Å². The monoisotopic (exact) mass is 439 g/mol. The SMILES string of the molecule is C=C1c2ccccc2C(=O)N1CC(=O)OC(C)C(=O)N(c1nccs1)C1CCCCC1. The summed E-state index contributed by atoms with van der Waals surface area (Å²) >= 11 is 1.40. The molecule has 1 aromatic heterocycles. The summed E-state index contributed by atoms with van der Waals surface area (Å²) in [6.45, 7) is 5.21. The normalized spacial score (nSPS) is 17.4. The van der Waals surface area contributed by atoms with Crippen LogP contribution in [0.15, 0.2) is 42.4 Å². The topological polar surface area (TPSA) is 79.8 Å². The molecule has 1 unspecified atom stereocenters. The predicted octanol–water partition coefficient (Wildman–Crippen LogP) is 3.87. The molecule has 4 rings (SSSR count). The zero-order chi connectivity index (χ0) is 22.0. The molecule has 7 nitrogen and oxygen atoms in total. The van der Waals surface area contributed by atoms with Crippen molar-refractivity contribution < 1.29 is 19.1 Å². The van der Waals surface area contributed by atoms with E-state index in [9.17, 15) is 14.4 Å². The number of anilines is 1. The van der Waals surface area contributed by atoms with E-state index in [1.807, 2.05) is 11.4 Å². The van der Waals surface area contributed by atoms with E-state index in [-0.39, 0.29) is 24.4 Å². The molecule has 0 bridgehead atoms. The van der Waals surface area contributed by atoms with Gasteiger partial charge in [0.05, 0.1) is 0 Å². The number of rotatable bonds is 6. The number of carbonyl (C=O) groups is 3. The second kappa shape index (κ2) is 9.01. The van der Waals surface area contributed by atoms with Crippen molar-refractivity contribution in [3.05, 3.63) is 53.5 Å². The summed E-state index contributed by atoms with van der Waals surface area (Å²) in [5, 5.41) is 2.45. The third kappa shape index (κ3) is 4.25. The Morgan fingerprint density at radius 3 is 2.61 bits per heavy atom. The lowest BCUT2D eigenvalue weighted by molar-refractivity contribution is -0.154. The molecule has 0 spiro atoms. The zero-order valence-corrected chi connectivity index (χ0v) is 18.3. The van der Waals surface area contributed by atoms with Crippen LogP contribution in [0.1, 0.15) is 54.9 Å².